The quantitative estimate of drug-likeness (QED) is 0.546. The molecule has 7 heteroatoms. The van der Waals surface area contributed by atoms with Gasteiger partial charge in [0, 0.05) is 6.54 Å². The Hall–Kier alpha value is 0.390. The van der Waals surface area contributed by atoms with Crippen LogP contribution in [0.3, 0.4) is 0 Å². The lowest BCUT2D eigenvalue weighted by atomic mass is 10.6. The topological polar surface area (TPSA) is 47.6 Å². The minimum absolute atomic E-state index is 0.350. The van der Waals surface area contributed by atoms with Crippen molar-refractivity contribution in [2.24, 2.45) is 0 Å². The molecule has 0 aromatic heterocycles. The van der Waals surface area contributed by atoms with Gasteiger partial charge in [0.1, 0.15) is 4.99 Å². The Balaban J connectivity index is 4.83. The van der Waals surface area contributed by atoms with Crippen LogP contribution in [0, 0.1) is 0 Å². The first-order valence-electron chi connectivity index (χ1n) is 5.24. The number of thiocarbonyl (C=S) groups is 1. The van der Waals surface area contributed by atoms with Crippen LogP contribution >= 0.6 is 31.6 Å². The van der Waals surface area contributed by atoms with E-state index in [0.717, 1.165) is 0 Å². The molecule has 96 valence electrons. The molecule has 0 bridgehead atoms. The van der Waals surface area contributed by atoms with Gasteiger partial charge in [-0.25, -0.2) is 0 Å². The summed E-state index contributed by atoms with van der Waals surface area (Å²) in [5.74, 6) is 0. The monoisotopic (exact) mass is 285 g/mol. The molecule has 0 radical (unpaired) electrons. The van der Waals surface area contributed by atoms with E-state index in [4.69, 9.17) is 21.3 Å². The largest absolute Gasteiger partial charge is 0.378 e. The Morgan fingerprint density at radius 2 is 1.88 bits per heavy atom. The lowest BCUT2D eigenvalue weighted by Crippen LogP contribution is -2.31. The SMILES string of the molecule is CCNC(=S)C(SC)P(=O)(OCC)OCC. The maximum atomic E-state index is 12.5. The van der Waals surface area contributed by atoms with Crippen LogP contribution in [0.25, 0.3) is 0 Å². The van der Waals surface area contributed by atoms with E-state index in [1.54, 1.807) is 13.8 Å². The lowest BCUT2D eigenvalue weighted by Gasteiger charge is -2.25. The lowest BCUT2D eigenvalue weighted by molar-refractivity contribution is 0.221. The minimum Gasteiger partial charge on any atom is -0.378 e. The van der Waals surface area contributed by atoms with E-state index in [1.165, 1.54) is 11.8 Å². The molecule has 0 aliphatic rings. The van der Waals surface area contributed by atoms with Crippen LogP contribution in [-0.4, -0.2) is 36.0 Å². The molecule has 0 aliphatic heterocycles. The number of hydrogen-bond acceptors (Lipinski definition) is 5. The highest BCUT2D eigenvalue weighted by atomic mass is 32.2. The summed E-state index contributed by atoms with van der Waals surface area (Å²) >= 11 is 6.57. The standard InChI is InChI=1S/C9H20NO3PS2/c1-5-10-8(15)9(16-4)14(11,12-6-2)13-7-3/h9H,5-7H2,1-4H3,(H,10,15). The van der Waals surface area contributed by atoms with Crippen molar-refractivity contribution in [3.05, 3.63) is 0 Å². The molecule has 0 amide bonds. The van der Waals surface area contributed by atoms with Crippen molar-refractivity contribution in [2.45, 2.75) is 25.8 Å². The first-order valence-corrected chi connectivity index (χ1v) is 8.55. The third kappa shape index (κ3) is 4.72. The average Bonchev–Trinajstić information content (AvgIpc) is 2.19. The molecule has 0 saturated heterocycles. The van der Waals surface area contributed by atoms with Crippen molar-refractivity contribution in [2.75, 3.05) is 26.0 Å². The first-order chi connectivity index (χ1) is 7.55. The van der Waals surface area contributed by atoms with Gasteiger partial charge in [-0.15, -0.1) is 11.8 Å². The third-order valence-electron chi connectivity index (χ3n) is 1.70. The molecule has 1 N–H and O–H groups in total. The van der Waals surface area contributed by atoms with Gasteiger partial charge in [-0.2, -0.15) is 0 Å². The van der Waals surface area contributed by atoms with Crippen LogP contribution in [0.2, 0.25) is 0 Å². The third-order valence-corrected chi connectivity index (χ3v) is 6.57. The van der Waals surface area contributed by atoms with Crippen molar-refractivity contribution in [1.29, 1.82) is 0 Å². The smallest absolute Gasteiger partial charge is 0.350 e. The first kappa shape index (κ1) is 16.4. The van der Waals surface area contributed by atoms with Crippen molar-refractivity contribution in [3.8, 4) is 0 Å². The molecule has 1 atom stereocenters. The molecule has 0 spiro atoms. The normalized spacial score (nSPS) is 13.5. The summed E-state index contributed by atoms with van der Waals surface area (Å²) < 4.78 is 23.0. The van der Waals surface area contributed by atoms with Gasteiger partial charge in [-0.1, -0.05) is 12.2 Å². The number of rotatable bonds is 8. The number of nitrogens with one attached hydrogen (secondary N) is 1. The molecule has 16 heavy (non-hydrogen) atoms. The summed E-state index contributed by atoms with van der Waals surface area (Å²) in [5.41, 5.74) is 0. The van der Waals surface area contributed by atoms with Gasteiger partial charge in [0.05, 0.1) is 13.2 Å². The molecule has 0 fully saturated rings. The van der Waals surface area contributed by atoms with E-state index in [0.29, 0.717) is 24.7 Å². The van der Waals surface area contributed by atoms with Crippen LogP contribution in [0.4, 0.5) is 0 Å². The van der Waals surface area contributed by atoms with Gasteiger partial charge < -0.3 is 14.4 Å². The minimum atomic E-state index is -3.16. The Morgan fingerprint density at radius 3 is 2.19 bits per heavy atom. The summed E-state index contributed by atoms with van der Waals surface area (Å²) in [5, 5.41) is 3.00. The zero-order valence-corrected chi connectivity index (χ0v) is 12.7. The van der Waals surface area contributed by atoms with E-state index in [2.05, 4.69) is 5.32 Å². The molecule has 0 heterocycles. The summed E-state index contributed by atoms with van der Waals surface area (Å²) in [4.78, 5) is 0.0996. The summed E-state index contributed by atoms with van der Waals surface area (Å²) in [6.07, 6.45) is 1.85. The highest BCUT2D eigenvalue weighted by Crippen LogP contribution is 2.56. The summed E-state index contributed by atoms with van der Waals surface area (Å²) in [6, 6.07) is 0. The number of hydrogen-bond donors (Lipinski definition) is 1. The van der Waals surface area contributed by atoms with Crippen LogP contribution in [-0.2, 0) is 13.6 Å². The zero-order chi connectivity index (χ0) is 12.6. The molecule has 0 saturated carbocycles. The molecular formula is C9H20NO3PS2. The summed E-state index contributed by atoms with van der Waals surface area (Å²) in [6.45, 7) is 6.93. The molecular weight excluding hydrogens is 265 g/mol. The Morgan fingerprint density at radius 1 is 1.38 bits per heavy atom. The Bertz CT molecular complexity index is 253. The van der Waals surface area contributed by atoms with E-state index in [-0.39, 0.29) is 0 Å². The van der Waals surface area contributed by atoms with Crippen molar-refractivity contribution >= 4 is 36.6 Å². The van der Waals surface area contributed by atoms with Crippen molar-refractivity contribution in [3.63, 3.8) is 0 Å². The fourth-order valence-corrected chi connectivity index (χ4v) is 5.13. The van der Waals surface area contributed by atoms with E-state index in [9.17, 15) is 4.57 Å². The Kier molecular flexibility index (Phi) is 8.68. The predicted octanol–water partition coefficient (Wildman–Crippen LogP) is 2.88. The maximum absolute atomic E-state index is 12.5. The van der Waals surface area contributed by atoms with Gasteiger partial charge in [-0.3, -0.25) is 4.57 Å². The van der Waals surface area contributed by atoms with Crippen LogP contribution in [0.1, 0.15) is 20.8 Å². The molecule has 4 nitrogen and oxygen atoms in total. The highest BCUT2D eigenvalue weighted by Gasteiger charge is 2.37. The van der Waals surface area contributed by atoms with Gasteiger partial charge >= 0.3 is 7.60 Å². The molecule has 0 aromatic carbocycles. The Labute approximate surface area is 107 Å². The predicted molar refractivity (Wildman–Crippen MR) is 74.4 cm³/mol. The van der Waals surface area contributed by atoms with Gasteiger partial charge in [0.2, 0.25) is 0 Å². The second-order valence-corrected chi connectivity index (χ2v) is 6.70. The van der Waals surface area contributed by atoms with Crippen LogP contribution < -0.4 is 5.32 Å². The van der Waals surface area contributed by atoms with Crippen LogP contribution in [0.15, 0.2) is 0 Å². The van der Waals surface area contributed by atoms with E-state index >= 15 is 0 Å². The van der Waals surface area contributed by atoms with E-state index < -0.39 is 12.6 Å². The highest BCUT2D eigenvalue weighted by molar-refractivity contribution is 8.07. The van der Waals surface area contributed by atoms with E-state index in [1.807, 2.05) is 13.2 Å². The number of thioether (sulfide) groups is 1. The second-order valence-electron chi connectivity index (χ2n) is 2.86. The molecule has 1 unspecified atom stereocenters. The van der Waals surface area contributed by atoms with Crippen LogP contribution in [0.5, 0.6) is 0 Å². The van der Waals surface area contributed by atoms with Gasteiger partial charge in [0.15, 0.2) is 4.99 Å². The van der Waals surface area contributed by atoms with Crippen molar-refractivity contribution < 1.29 is 13.6 Å². The average molecular weight is 285 g/mol. The summed E-state index contributed by atoms with van der Waals surface area (Å²) in [7, 11) is -3.16. The fourth-order valence-electron chi connectivity index (χ4n) is 1.17. The van der Waals surface area contributed by atoms with Crippen molar-refractivity contribution in [1.82, 2.24) is 5.32 Å². The molecule has 0 rings (SSSR count). The molecule has 0 aliphatic carbocycles. The zero-order valence-electron chi connectivity index (χ0n) is 10.2. The van der Waals surface area contributed by atoms with Gasteiger partial charge in [0.25, 0.3) is 0 Å². The fraction of sp³-hybridized carbons (Fsp3) is 0.889. The van der Waals surface area contributed by atoms with Gasteiger partial charge in [-0.05, 0) is 27.0 Å². The maximum Gasteiger partial charge on any atom is 0.350 e. The molecule has 0 aromatic rings. The second kappa shape index (κ2) is 8.48.